The summed E-state index contributed by atoms with van der Waals surface area (Å²) >= 11 is 13.5. The van der Waals surface area contributed by atoms with E-state index in [1.807, 2.05) is 0 Å². The summed E-state index contributed by atoms with van der Waals surface area (Å²) in [4.78, 5) is 0. The van der Waals surface area contributed by atoms with E-state index in [9.17, 15) is 0 Å². The molecule has 3 nitrogen and oxygen atoms in total. The summed E-state index contributed by atoms with van der Waals surface area (Å²) in [6.07, 6.45) is 0. The quantitative estimate of drug-likeness (QED) is 0.864. The van der Waals surface area contributed by atoms with Crippen LogP contribution in [0.15, 0.2) is 21.7 Å². The van der Waals surface area contributed by atoms with Gasteiger partial charge in [0.25, 0.3) is 0 Å². The van der Waals surface area contributed by atoms with E-state index >= 15 is 0 Å². The number of nitrogens with two attached hydrogens (primary N) is 1. The van der Waals surface area contributed by atoms with Gasteiger partial charge in [0.05, 0.1) is 15.4 Å². The highest BCUT2D eigenvalue weighted by Crippen LogP contribution is 2.36. The van der Waals surface area contributed by atoms with Gasteiger partial charge in [-0.25, -0.2) is 0 Å². The minimum atomic E-state index is 0.481. The molecule has 0 unspecified atom stereocenters. The van der Waals surface area contributed by atoms with Gasteiger partial charge < -0.3 is 10.3 Å². The fraction of sp³-hybridized carbons (Fsp3) is 0.222. The maximum Gasteiger partial charge on any atom is 0.169 e. The number of hydrogen-bond acceptors (Lipinski definition) is 4. The number of rotatable bonds is 3. The van der Waals surface area contributed by atoms with E-state index in [0.717, 1.165) is 16.2 Å². The van der Waals surface area contributed by atoms with Crippen LogP contribution in [0.2, 0.25) is 10.0 Å². The molecule has 0 atom stereocenters. The van der Waals surface area contributed by atoms with Crippen molar-refractivity contribution in [3.8, 4) is 0 Å². The summed E-state index contributed by atoms with van der Waals surface area (Å²) in [5, 5.41) is 6.41. The Hall–Kier alpha value is -0.420. The second-order valence-electron chi connectivity index (χ2n) is 2.86. The number of halogens is 2. The van der Waals surface area contributed by atoms with Crippen molar-refractivity contribution in [3.05, 3.63) is 22.2 Å². The molecule has 15 heavy (non-hydrogen) atoms. The minimum Gasteiger partial charge on any atom is -0.355 e. The molecule has 0 spiro atoms. The predicted molar refractivity (Wildman–Crippen MR) is 63.8 cm³/mol. The van der Waals surface area contributed by atoms with Crippen LogP contribution >= 0.6 is 35.0 Å². The molecule has 0 saturated carbocycles. The summed E-state index contributed by atoms with van der Waals surface area (Å²) in [6, 6.07) is 3.44. The summed E-state index contributed by atoms with van der Waals surface area (Å²) in [5.41, 5.74) is 6.06. The van der Waals surface area contributed by atoms with Crippen LogP contribution in [0.4, 0.5) is 0 Å². The average molecular weight is 263 g/mol. The lowest BCUT2D eigenvalue weighted by Gasteiger charge is -1.97. The van der Waals surface area contributed by atoms with E-state index in [-0.39, 0.29) is 0 Å². The molecule has 2 N–H and O–H groups in total. The first-order chi connectivity index (χ1) is 7.24. The van der Waals surface area contributed by atoms with Gasteiger partial charge >= 0.3 is 0 Å². The fourth-order valence-corrected chi connectivity index (χ4v) is 2.41. The molecule has 0 amide bonds. The summed E-state index contributed by atoms with van der Waals surface area (Å²) in [5.74, 6) is 0.768. The first kappa shape index (κ1) is 11.1. The Morgan fingerprint density at radius 3 is 2.93 bits per heavy atom. The number of nitrogens with zero attached hydrogens (tertiary/aromatic N) is 1. The molecule has 0 saturated heterocycles. The van der Waals surface area contributed by atoms with Crippen molar-refractivity contribution < 1.29 is 4.52 Å². The van der Waals surface area contributed by atoms with Gasteiger partial charge in [0.2, 0.25) is 0 Å². The molecule has 1 heterocycles. The third kappa shape index (κ3) is 2.08. The molecule has 0 bridgehead atoms. The van der Waals surface area contributed by atoms with E-state index in [1.165, 1.54) is 11.8 Å². The second-order valence-corrected chi connectivity index (χ2v) is 4.73. The van der Waals surface area contributed by atoms with Crippen molar-refractivity contribution in [3.63, 3.8) is 0 Å². The zero-order valence-electron chi connectivity index (χ0n) is 7.67. The predicted octanol–water partition coefficient (Wildman–Crippen LogP) is 3.19. The SMILES string of the molecule is NCCSc1noc2ccc(Cl)c(Cl)c12. The highest BCUT2D eigenvalue weighted by atomic mass is 35.5. The van der Waals surface area contributed by atoms with Gasteiger partial charge in [-0.1, -0.05) is 28.4 Å². The number of thioether (sulfide) groups is 1. The first-order valence-corrected chi connectivity index (χ1v) is 6.04. The standard InChI is InChI=1S/C9H8Cl2N2OS/c10-5-1-2-6-7(8(5)11)9(13-14-6)15-4-3-12/h1-2H,3-4,12H2. The van der Waals surface area contributed by atoms with Crippen molar-refractivity contribution in [2.75, 3.05) is 12.3 Å². The third-order valence-corrected chi connectivity index (χ3v) is 3.65. The van der Waals surface area contributed by atoms with Crippen LogP contribution in [-0.2, 0) is 0 Å². The molecular weight excluding hydrogens is 255 g/mol. The minimum absolute atomic E-state index is 0.481. The fourth-order valence-electron chi connectivity index (χ4n) is 1.20. The van der Waals surface area contributed by atoms with Crippen LogP contribution in [0.1, 0.15) is 0 Å². The zero-order valence-corrected chi connectivity index (χ0v) is 9.99. The molecule has 0 aliphatic heterocycles. The molecule has 1 aromatic carbocycles. The van der Waals surface area contributed by atoms with Gasteiger partial charge in [0, 0.05) is 12.3 Å². The van der Waals surface area contributed by atoms with Gasteiger partial charge in [-0.15, -0.1) is 11.8 Å². The van der Waals surface area contributed by atoms with E-state index < -0.39 is 0 Å². The monoisotopic (exact) mass is 262 g/mol. The molecule has 2 aromatic rings. The van der Waals surface area contributed by atoms with Gasteiger partial charge in [-0.05, 0) is 12.1 Å². The van der Waals surface area contributed by atoms with Crippen molar-refractivity contribution in [2.24, 2.45) is 5.73 Å². The molecule has 1 aromatic heterocycles. The van der Waals surface area contributed by atoms with Gasteiger partial charge in [0.1, 0.15) is 5.03 Å². The Labute approximate surface area is 101 Å². The van der Waals surface area contributed by atoms with E-state index in [4.69, 9.17) is 33.5 Å². The molecule has 80 valence electrons. The van der Waals surface area contributed by atoms with Gasteiger partial charge in [0.15, 0.2) is 5.58 Å². The lowest BCUT2D eigenvalue weighted by molar-refractivity contribution is 0.437. The van der Waals surface area contributed by atoms with Gasteiger partial charge in [-0.3, -0.25) is 0 Å². The van der Waals surface area contributed by atoms with Crippen LogP contribution in [0.5, 0.6) is 0 Å². The lowest BCUT2D eigenvalue weighted by atomic mass is 10.3. The number of hydrogen-bond donors (Lipinski definition) is 1. The van der Waals surface area contributed by atoms with Gasteiger partial charge in [-0.2, -0.15) is 0 Å². The molecule has 2 rings (SSSR count). The molecule has 6 heteroatoms. The number of fused-ring (bicyclic) bond motifs is 1. The van der Waals surface area contributed by atoms with Crippen molar-refractivity contribution in [2.45, 2.75) is 5.03 Å². The van der Waals surface area contributed by atoms with Crippen LogP contribution in [0.25, 0.3) is 11.0 Å². The normalized spacial score (nSPS) is 11.1. The molecule has 0 radical (unpaired) electrons. The highest BCUT2D eigenvalue weighted by molar-refractivity contribution is 7.99. The summed E-state index contributed by atoms with van der Waals surface area (Å²) in [7, 11) is 0. The van der Waals surface area contributed by atoms with E-state index in [0.29, 0.717) is 22.2 Å². The lowest BCUT2D eigenvalue weighted by Crippen LogP contribution is -2.00. The number of aromatic nitrogens is 1. The Bertz CT molecular complexity index is 486. The third-order valence-electron chi connectivity index (χ3n) is 1.85. The molecular formula is C9H8Cl2N2OS. The zero-order chi connectivity index (χ0) is 10.8. The average Bonchev–Trinajstić information content (AvgIpc) is 2.64. The first-order valence-electron chi connectivity index (χ1n) is 4.30. The molecule has 0 aliphatic rings. The van der Waals surface area contributed by atoms with E-state index in [1.54, 1.807) is 12.1 Å². The maximum absolute atomic E-state index is 6.07. The summed E-state index contributed by atoms with van der Waals surface area (Å²) < 4.78 is 5.13. The Morgan fingerprint density at radius 2 is 2.20 bits per heavy atom. The van der Waals surface area contributed by atoms with Crippen molar-refractivity contribution >= 4 is 45.9 Å². The van der Waals surface area contributed by atoms with E-state index in [2.05, 4.69) is 5.16 Å². The Balaban J connectivity index is 2.51. The van der Waals surface area contributed by atoms with Crippen LogP contribution in [-0.4, -0.2) is 17.5 Å². The maximum atomic E-state index is 6.07. The van der Waals surface area contributed by atoms with Crippen molar-refractivity contribution in [1.82, 2.24) is 5.16 Å². The highest BCUT2D eigenvalue weighted by Gasteiger charge is 2.14. The number of benzene rings is 1. The van der Waals surface area contributed by atoms with Crippen molar-refractivity contribution in [1.29, 1.82) is 0 Å². The van der Waals surface area contributed by atoms with Crippen LogP contribution < -0.4 is 5.73 Å². The Kier molecular flexibility index (Phi) is 3.41. The van der Waals surface area contributed by atoms with Crippen LogP contribution in [0.3, 0.4) is 0 Å². The topological polar surface area (TPSA) is 52.0 Å². The molecule has 0 fully saturated rings. The largest absolute Gasteiger partial charge is 0.355 e. The second kappa shape index (κ2) is 4.61. The Morgan fingerprint density at radius 1 is 1.40 bits per heavy atom. The smallest absolute Gasteiger partial charge is 0.169 e. The summed E-state index contributed by atoms with van der Waals surface area (Å²) in [6.45, 7) is 0.581. The van der Waals surface area contributed by atoms with Crippen LogP contribution in [0, 0.1) is 0 Å². The molecule has 0 aliphatic carbocycles.